The van der Waals surface area contributed by atoms with Gasteiger partial charge in [-0.25, -0.2) is 4.57 Å². The zero-order valence-electron chi connectivity index (χ0n) is 7.26. The number of hydrogen-bond donors (Lipinski definition) is 4. The average Bonchev–Trinajstić information content (AvgIpc) is 1.19. The van der Waals surface area contributed by atoms with Gasteiger partial charge in [0, 0.05) is 6.92 Å². The largest absolute Gasteiger partial charge is 2.00 e. The third-order valence-electron chi connectivity index (χ3n) is 0. The Labute approximate surface area is 90.1 Å². The molecule has 0 heterocycles. The second kappa shape index (κ2) is 7.94. The van der Waals surface area contributed by atoms with Crippen LogP contribution in [0, 0.1) is 0 Å². The quantitative estimate of drug-likeness (QED) is 0.294. The zero-order chi connectivity index (χ0) is 8.08. The van der Waals surface area contributed by atoms with E-state index in [2.05, 4.69) is 0 Å². The molecule has 0 atom stereocenters. The summed E-state index contributed by atoms with van der Waals surface area (Å²) in [7, 11) is -4.64. The van der Waals surface area contributed by atoms with Gasteiger partial charge in [0.05, 0.1) is 0 Å². The summed E-state index contributed by atoms with van der Waals surface area (Å²) in [4.78, 5) is 30.6. The predicted molar refractivity (Wildman–Crippen MR) is 35.6 cm³/mol. The van der Waals surface area contributed by atoms with Crippen LogP contribution < -0.4 is 0 Å². The van der Waals surface area contributed by atoms with Crippen LogP contribution in [0.15, 0.2) is 0 Å². The van der Waals surface area contributed by atoms with Crippen LogP contribution in [0.3, 0.4) is 0 Å². The molecular formula is C2H9CaO6P. The fourth-order valence-electron chi connectivity index (χ4n) is 0. The topological polar surface area (TPSA) is 115 Å². The van der Waals surface area contributed by atoms with E-state index in [4.69, 9.17) is 29.1 Å². The monoisotopic (exact) mass is 200 g/mol. The van der Waals surface area contributed by atoms with Crippen molar-refractivity contribution < 1.29 is 32.0 Å². The minimum absolute atomic E-state index is 0. The zero-order valence-corrected chi connectivity index (χ0v) is 8.36. The van der Waals surface area contributed by atoms with Gasteiger partial charge in [0.1, 0.15) is 0 Å². The molecule has 0 aromatic carbocycles. The van der Waals surface area contributed by atoms with Gasteiger partial charge in [-0.15, -0.1) is 0 Å². The molecule has 6 nitrogen and oxygen atoms in total. The third kappa shape index (κ3) is 770. The number of hydrogen-bond acceptors (Lipinski definition) is 2. The Morgan fingerprint density at radius 2 is 1.40 bits per heavy atom. The Morgan fingerprint density at radius 1 is 1.40 bits per heavy atom. The van der Waals surface area contributed by atoms with Gasteiger partial charge in [0.2, 0.25) is 0 Å². The molecule has 0 rings (SSSR count). The van der Waals surface area contributed by atoms with Crippen LogP contribution in [-0.2, 0) is 9.36 Å². The van der Waals surface area contributed by atoms with Gasteiger partial charge in [-0.05, 0) is 0 Å². The van der Waals surface area contributed by atoms with E-state index in [0.717, 1.165) is 6.92 Å². The van der Waals surface area contributed by atoms with Crippen LogP contribution in [-0.4, -0.2) is 63.5 Å². The Balaban J connectivity index is -0.0000000221. The van der Waals surface area contributed by atoms with Gasteiger partial charge in [-0.3, -0.25) is 4.79 Å². The van der Waals surface area contributed by atoms with Crippen LogP contribution in [0.5, 0.6) is 0 Å². The number of carboxylic acids is 1. The van der Waals surface area contributed by atoms with Crippen molar-refractivity contribution in [2.45, 2.75) is 6.92 Å². The number of rotatable bonds is 0. The molecule has 0 fully saturated rings. The molecule has 0 aliphatic carbocycles. The van der Waals surface area contributed by atoms with Crippen molar-refractivity contribution in [2.24, 2.45) is 0 Å². The van der Waals surface area contributed by atoms with E-state index in [0.29, 0.717) is 0 Å². The van der Waals surface area contributed by atoms with Gasteiger partial charge in [-0.2, -0.15) is 0 Å². The fraction of sp³-hybridized carbons (Fsp3) is 0.500. The SMILES string of the molecule is CC(=O)O.O=P(O)(O)O.[Ca+2].[H-].[H-]. The molecule has 0 spiro atoms. The van der Waals surface area contributed by atoms with Gasteiger partial charge in [0.25, 0.3) is 5.97 Å². The maximum absolute atomic E-state index is 9.00. The van der Waals surface area contributed by atoms with Gasteiger partial charge < -0.3 is 22.6 Å². The molecule has 0 aromatic rings. The molecule has 0 saturated carbocycles. The molecule has 0 bridgehead atoms. The molecule has 60 valence electrons. The van der Waals surface area contributed by atoms with Crippen molar-refractivity contribution in [3.8, 4) is 0 Å². The molecule has 0 unspecified atom stereocenters. The molecule has 0 radical (unpaired) electrons. The van der Waals surface area contributed by atoms with Gasteiger partial charge >= 0.3 is 45.6 Å². The minimum atomic E-state index is -4.64. The average molecular weight is 200 g/mol. The van der Waals surface area contributed by atoms with Crippen LogP contribution in [0.2, 0.25) is 0 Å². The van der Waals surface area contributed by atoms with Crippen LogP contribution in [0.25, 0.3) is 0 Å². The molecule has 0 aromatic heterocycles. The number of carbonyl (C=O) groups is 1. The van der Waals surface area contributed by atoms with Gasteiger partial charge in [-0.1, -0.05) is 0 Å². The van der Waals surface area contributed by atoms with E-state index >= 15 is 0 Å². The minimum Gasteiger partial charge on any atom is -1.00 e. The van der Waals surface area contributed by atoms with Crippen LogP contribution in [0.4, 0.5) is 0 Å². The first-order valence-electron chi connectivity index (χ1n) is 1.71. The number of aliphatic carboxylic acids is 1. The summed E-state index contributed by atoms with van der Waals surface area (Å²) in [5.41, 5.74) is 0. The second-order valence-electron chi connectivity index (χ2n) is 1.03. The van der Waals surface area contributed by atoms with E-state index in [1.807, 2.05) is 0 Å². The van der Waals surface area contributed by atoms with Crippen LogP contribution >= 0.6 is 7.82 Å². The van der Waals surface area contributed by atoms with E-state index < -0.39 is 13.8 Å². The van der Waals surface area contributed by atoms with Crippen molar-refractivity contribution in [2.75, 3.05) is 0 Å². The predicted octanol–water partition coefficient (Wildman–Crippen LogP) is -0.994. The van der Waals surface area contributed by atoms with Crippen LogP contribution in [0.1, 0.15) is 9.78 Å². The normalized spacial score (nSPS) is 8.40. The van der Waals surface area contributed by atoms with E-state index in [1.165, 1.54) is 0 Å². The summed E-state index contributed by atoms with van der Waals surface area (Å²) in [5, 5.41) is 7.42. The Hall–Kier alpha value is 0.840. The molecule has 0 aliphatic heterocycles. The molecule has 8 heteroatoms. The molecule has 0 saturated heterocycles. The Bertz CT molecular complexity index is 123. The number of phosphoric acid groups is 1. The maximum Gasteiger partial charge on any atom is 2.00 e. The molecule has 0 aliphatic rings. The van der Waals surface area contributed by atoms with Crippen molar-refractivity contribution in [1.82, 2.24) is 0 Å². The maximum atomic E-state index is 9.00. The summed E-state index contributed by atoms with van der Waals surface area (Å²) in [5.74, 6) is -0.833. The number of carboxylic acid groups (broad SMARTS) is 1. The molecule has 10 heavy (non-hydrogen) atoms. The van der Waals surface area contributed by atoms with E-state index in [1.54, 1.807) is 0 Å². The van der Waals surface area contributed by atoms with E-state index in [-0.39, 0.29) is 40.6 Å². The first-order valence-corrected chi connectivity index (χ1v) is 3.28. The molecule has 4 N–H and O–H groups in total. The van der Waals surface area contributed by atoms with E-state index in [9.17, 15) is 0 Å². The fourth-order valence-corrected chi connectivity index (χ4v) is 0. The Kier molecular flexibility index (Phi) is 13.6. The smallest absolute Gasteiger partial charge is 1.00 e. The summed E-state index contributed by atoms with van der Waals surface area (Å²) in [6, 6.07) is 0. The van der Waals surface area contributed by atoms with Crippen molar-refractivity contribution >= 4 is 51.5 Å². The Morgan fingerprint density at radius 3 is 1.40 bits per heavy atom. The second-order valence-corrected chi connectivity index (χ2v) is 2.06. The standard InChI is InChI=1S/C2H4O2.Ca.H3O4P.2H/c1-2(3)4;;1-5(2,3)4;;/h1H3,(H,3,4);;(H3,1,2,3,4);;/q;+2;;2*-1. The van der Waals surface area contributed by atoms with Gasteiger partial charge in [0.15, 0.2) is 0 Å². The first-order chi connectivity index (χ1) is 3.73. The first kappa shape index (κ1) is 17.1. The summed E-state index contributed by atoms with van der Waals surface area (Å²) in [6.45, 7) is 1.08. The van der Waals surface area contributed by atoms with Crippen molar-refractivity contribution in [1.29, 1.82) is 0 Å². The summed E-state index contributed by atoms with van der Waals surface area (Å²) in [6.07, 6.45) is 0. The summed E-state index contributed by atoms with van der Waals surface area (Å²) >= 11 is 0. The summed E-state index contributed by atoms with van der Waals surface area (Å²) < 4.78 is 8.88. The van der Waals surface area contributed by atoms with Crippen molar-refractivity contribution in [3.63, 3.8) is 0 Å². The molecule has 0 amide bonds. The van der Waals surface area contributed by atoms with Crippen molar-refractivity contribution in [3.05, 3.63) is 0 Å². The third-order valence-corrected chi connectivity index (χ3v) is 0. The molecular weight excluding hydrogens is 191 g/mol.